The molecule has 1 N–H and O–H groups in total. The van der Waals surface area contributed by atoms with E-state index in [1.165, 1.54) is 25.7 Å². The summed E-state index contributed by atoms with van der Waals surface area (Å²) in [7, 11) is 0. The predicted octanol–water partition coefficient (Wildman–Crippen LogP) is 4.33. The Labute approximate surface area is 103 Å². The molecule has 0 spiro atoms. The number of rotatable bonds is 4. The number of allylic oxidation sites excluding steroid dienone is 1. The van der Waals surface area contributed by atoms with Crippen molar-refractivity contribution in [1.82, 2.24) is 0 Å². The summed E-state index contributed by atoms with van der Waals surface area (Å²) < 4.78 is 0. The minimum Gasteiger partial charge on any atom is -0.507 e. The lowest BCUT2D eigenvalue weighted by molar-refractivity contribution is 0.456. The molecule has 1 aromatic rings. The van der Waals surface area contributed by atoms with Crippen LogP contribution in [0.3, 0.4) is 0 Å². The summed E-state index contributed by atoms with van der Waals surface area (Å²) in [5.74, 6) is 2.38. The molecule has 1 atom stereocenters. The predicted molar refractivity (Wildman–Crippen MR) is 71.0 cm³/mol. The second kappa shape index (κ2) is 3.90. The Kier molecular flexibility index (Phi) is 2.50. The highest BCUT2D eigenvalue weighted by molar-refractivity contribution is 5.73. The highest BCUT2D eigenvalue weighted by atomic mass is 16.3. The summed E-state index contributed by atoms with van der Waals surface area (Å²) in [6.45, 7) is 6.38. The third kappa shape index (κ3) is 1.99. The molecule has 0 radical (unpaired) electrons. The zero-order valence-corrected chi connectivity index (χ0v) is 10.4. The minimum absolute atomic E-state index is 0.488. The van der Waals surface area contributed by atoms with Crippen LogP contribution in [0, 0.1) is 11.8 Å². The molecule has 90 valence electrons. The number of phenols is 1. The monoisotopic (exact) mass is 228 g/mol. The van der Waals surface area contributed by atoms with E-state index in [9.17, 15) is 5.11 Å². The van der Waals surface area contributed by atoms with Crippen LogP contribution >= 0.6 is 0 Å². The third-order valence-corrected chi connectivity index (χ3v) is 4.30. The second-order valence-corrected chi connectivity index (χ2v) is 5.67. The molecule has 0 bridgehead atoms. The minimum atomic E-state index is 0.488. The fraction of sp³-hybridized carbons (Fsp3) is 0.500. The van der Waals surface area contributed by atoms with Gasteiger partial charge in [0.25, 0.3) is 0 Å². The van der Waals surface area contributed by atoms with E-state index in [0.717, 1.165) is 22.6 Å². The highest BCUT2D eigenvalue weighted by Crippen LogP contribution is 2.48. The van der Waals surface area contributed by atoms with Crippen molar-refractivity contribution in [1.29, 1.82) is 0 Å². The maximum absolute atomic E-state index is 10.4. The first-order valence-electron chi connectivity index (χ1n) is 6.69. The fourth-order valence-electron chi connectivity index (χ4n) is 2.69. The summed E-state index contributed by atoms with van der Waals surface area (Å²) in [5.41, 5.74) is 3.23. The number of hydrogen-bond acceptors (Lipinski definition) is 1. The van der Waals surface area contributed by atoms with Crippen LogP contribution in [0.2, 0.25) is 0 Å². The van der Waals surface area contributed by atoms with Crippen molar-refractivity contribution >= 4 is 5.57 Å². The molecule has 0 aliphatic heterocycles. The van der Waals surface area contributed by atoms with Gasteiger partial charge in [0.1, 0.15) is 5.75 Å². The molecular formula is C16H20O. The molecule has 2 aliphatic rings. The standard InChI is InChI=1S/C16H20O/c1-10(12-6-7-12)14-4-3-5-15(16(14)17)11(2)13-8-9-13/h3-5,11-13,17H,1,6-9H2,2H3/t11-/m1/s1. The SMILES string of the molecule is C=C(c1cccc([C@H](C)C2CC2)c1O)C1CC1. The van der Waals surface area contributed by atoms with Gasteiger partial charge in [-0.25, -0.2) is 0 Å². The molecule has 0 amide bonds. The fourth-order valence-corrected chi connectivity index (χ4v) is 2.69. The molecule has 2 aliphatic carbocycles. The smallest absolute Gasteiger partial charge is 0.126 e. The molecule has 0 aromatic heterocycles. The van der Waals surface area contributed by atoms with Crippen LogP contribution < -0.4 is 0 Å². The zero-order chi connectivity index (χ0) is 12.0. The van der Waals surface area contributed by atoms with Crippen molar-refractivity contribution < 1.29 is 5.11 Å². The van der Waals surface area contributed by atoms with Gasteiger partial charge in [-0.1, -0.05) is 31.7 Å². The number of phenolic OH excluding ortho intramolecular Hbond substituents is 1. The van der Waals surface area contributed by atoms with Crippen molar-refractivity contribution in [3.63, 3.8) is 0 Å². The maximum atomic E-state index is 10.4. The Bertz CT molecular complexity index is 453. The first-order chi connectivity index (χ1) is 8.18. The van der Waals surface area contributed by atoms with Crippen LogP contribution in [0.1, 0.15) is 49.7 Å². The molecule has 2 saturated carbocycles. The van der Waals surface area contributed by atoms with Gasteiger partial charge >= 0.3 is 0 Å². The Morgan fingerprint density at radius 2 is 2.00 bits per heavy atom. The van der Waals surface area contributed by atoms with Crippen molar-refractivity contribution in [2.24, 2.45) is 11.8 Å². The molecule has 17 heavy (non-hydrogen) atoms. The molecule has 1 aromatic carbocycles. The summed E-state index contributed by atoms with van der Waals surface area (Å²) in [6.07, 6.45) is 5.10. The van der Waals surface area contributed by atoms with Crippen LogP contribution in [-0.2, 0) is 0 Å². The topological polar surface area (TPSA) is 20.2 Å². The van der Waals surface area contributed by atoms with Gasteiger partial charge in [-0.3, -0.25) is 0 Å². The van der Waals surface area contributed by atoms with E-state index in [1.807, 2.05) is 6.07 Å². The average Bonchev–Trinajstić information content (AvgIpc) is 3.20. The first-order valence-corrected chi connectivity index (χ1v) is 6.69. The summed E-state index contributed by atoms with van der Waals surface area (Å²) in [4.78, 5) is 0. The second-order valence-electron chi connectivity index (χ2n) is 5.67. The van der Waals surface area contributed by atoms with E-state index in [1.54, 1.807) is 0 Å². The van der Waals surface area contributed by atoms with E-state index in [2.05, 4.69) is 25.6 Å². The third-order valence-electron chi connectivity index (χ3n) is 4.30. The lowest BCUT2D eigenvalue weighted by Gasteiger charge is -2.16. The summed E-state index contributed by atoms with van der Waals surface area (Å²) >= 11 is 0. The van der Waals surface area contributed by atoms with Gasteiger partial charge in [0, 0.05) is 5.56 Å². The highest BCUT2D eigenvalue weighted by Gasteiger charge is 2.32. The lowest BCUT2D eigenvalue weighted by atomic mass is 9.91. The zero-order valence-electron chi connectivity index (χ0n) is 10.4. The van der Waals surface area contributed by atoms with Gasteiger partial charge in [-0.2, -0.15) is 0 Å². The number of para-hydroxylation sites is 1. The van der Waals surface area contributed by atoms with Crippen LogP contribution in [-0.4, -0.2) is 5.11 Å². The maximum Gasteiger partial charge on any atom is 0.126 e. The van der Waals surface area contributed by atoms with Gasteiger partial charge in [-0.15, -0.1) is 0 Å². The van der Waals surface area contributed by atoms with Crippen LogP contribution in [0.15, 0.2) is 24.8 Å². The molecular weight excluding hydrogens is 208 g/mol. The number of benzene rings is 1. The van der Waals surface area contributed by atoms with E-state index < -0.39 is 0 Å². The Balaban J connectivity index is 1.93. The van der Waals surface area contributed by atoms with Gasteiger partial charge < -0.3 is 5.11 Å². The molecule has 0 unspecified atom stereocenters. The molecule has 1 heteroatoms. The largest absolute Gasteiger partial charge is 0.507 e. The molecule has 3 rings (SSSR count). The van der Waals surface area contributed by atoms with Crippen LogP contribution in [0.4, 0.5) is 0 Å². The van der Waals surface area contributed by atoms with Gasteiger partial charge in [0.15, 0.2) is 0 Å². The molecule has 1 nitrogen and oxygen atoms in total. The number of aromatic hydroxyl groups is 1. The Hall–Kier alpha value is -1.24. The van der Waals surface area contributed by atoms with Gasteiger partial charge in [0.2, 0.25) is 0 Å². The average molecular weight is 228 g/mol. The Morgan fingerprint density at radius 3 is 2.59 bits per heavy atom. The quantitative estimate of drug-likeness (QED) is 0.813. The van der Waals surface area contributed by atoms with E-state index in [4.69, 9.17) is 0 Å². The van der Waals surface area contributed by atoms with Gasteiger partial charge in [-0.05, 0) is 54.6 Å². The normalized spacial score (nSPS) is 21.2. The number of hydrogen-bond donors (Lipinski definition) is 1. The first kappa shape index (κ1) is 10.9. The van der Waals surface area contributed by atoms with Crippen LogP contribution in [0.5, 0.6) is 5.75 Å². The lowest BCUT2D eigenvalue weighted by Crippen LogP contribution is -1.98. The van der Waals surface area contributed by atoms with Crippen LogP contribution in [0.25, 0.3) is 5.57 Å². The van der Waals surface area contributed by atoms with Crippen molar-refractivity contribution in [2.75, 3.05) is 0 Å². The summed E-state index contributed by atoms with van der Waals surface area (Å²) in [6, 6.07) is 6.15. The Morgan fingerprint density at radius 1 is 1.29 bits per heavy atom. The van der Waals surface area contributed by atoms with Crippen molar-refractivity contribution in [3.8, 4) is 5.75 Å². The summed E-state index contributed by atoms with van der Waals surface area (Å²) in [5, 5.41) is 10.4. The van der Waals surface area contributed by atoms with E-state index in [-0.39, 0.29) is 0 Å². The molecule has 2 fully saturated rings. The molecule has 0 saturated heterocycles. The van der Waals surface area contributed by atoms with Gasteiger partial charge in [0.05, 0.1) is 0 Å². The van der Waals surface area contributed by atoms with Crippen molar-refractivity contribution in [2.45, 2.75) is 38.5 Å². The molecule has 0 heterocycles. The van der Waals surface area contributed by atoms with E-state index >= 15 is 0 Å². The van der Waals surface area contributed by atoms with Crippen molar-refractivity contribution in [3.05, 3.63) is 35.9 Å². The van der Waals surface area contributed by atoms with E-state index in [0.29, 0.717) is 17.6 Å².